The zero-order valence-corrected chi connectivity index (χ0v) is 10.8. The summed E-state index contributed by atoms with van der Waals surface area (Å²) >= 11 is 3.01. The lowest BCUT2D eigenvalue weighted by Crippen LogP contribution is -2.09. The van der Waals surface area contributed by atoms with Gasteiger partial charge >= 0.3 is 5.97 Å². The van der Waals surface area contributed by atoms with Crippen molar-refractivity contribution in [1.82, 2.24) is 4.98 Å². The van der Waals surface area contributed by atoms with Crippen LogP contribution in [0.1, 0.15) is 17.6 Å². The molecule has 94 valence electrons. The summed E-state index contributed by atoms with van der Waals surface area (Å²) in [6, 6.07) is 0. The van der Waals surface area contributed by atoms with Crippen LogP contribution in [0.4, 0.5) is 8.78 Å². The number of ether oxygens (including phenoxy) is 2. The summed E-state index contributed by atoms with van der Waals surface area (Å²) in [6.45, 7) is 0. The maximum absolute atomic E-state index is 12.9. The lowest BCUT2D eigenvalue weighted by molar-refractivity contribution is -0.139. The van der Waals surface area contributed by atoms with Gasteiger partial charge in [0.15, 0.2) is 5.75 Å². The quantitative estimate of drug-likeness (QED) is 0.633. The Kier molecular flexibility index (Phi) is 4.80. The van der Waals surface area contributed by atoms with E-state index in [1.54, 1.807) is 0 Å². The molecule has 0 aliphatic heterocycles. The van der Waals surface area contributed by atoms with Gasteiger partial charge in [0.1, 0.15) is 4.60 Å². The van der Waals surface area contributed by atoms with Gasteiger partial charge in [-0.05, 0) is 21.5 Å². The number of nitrogens with zero attached hydrogens (tertiary/aromatic N) is 1. The smallest absolute Gasteiger partial charge is 0.310 e. The minimum Gasteiger partial charge on any atom is -0.493 e. The number of hydrogen-bond donors (Lipinski definition) is 0. The van der Waals surface area contributed by atoms with Crippen LogP contribution >= 0.6 is 15.9 Å². The third-order valence-corrected chi connectivity index (χ3v) is 2.66. The first-order valence-corrected chi connectivity index (χ1v) is 5.36. The number of aromatic nitrogens is 1. The van der Waals surface area contributed by atoms with Gasteiger partial charge in [0, 0.05) is 6.20 Å². The molecule has 0 atom stereocenters. The molecular weight excluding hydrogens is 300 g/mol. The fourth-order valence-corrected chi connectivity index (χ4v) is 1.80. The molecule has 0 radical (unpaired) electrons. The number of rotatable bonds is 4. The van der Waals surface area contributed by atoms with Gasteiger partial charge in [0.25, 0.3) is 6.43 Å². The van der Waals surface area contributed by atoms with E-state index >= 15 is 0 Å². The fraction of sp³-hybridized carbons (Fsp3) is 0.400. The predicted molar refractivity (Wildman–Crippen MR) is 59.2 cm³/mol. The van der Waals surface area contributed by atoms with E-state index in [0.29, 0.717) is 0 Å². The molecule has 0 saturated carbocycles. The molecule has 0 saturated heterocycles. The summed E-state index contributed by atoms with van der Waals surface area (Å²) < 4.78 is 35.3. The number of pyridine rings is 1. The van der Waals surface area contributed by atoms with Crippen LogP contribution in [0.5, 0.6) is 5.75 Å². The molecule has 7 heteroatoms. The van der Waals surface area contributed by atoms with Gasteiger partial charge in [-0.15, -0.1) is 0 Å². The summed E-state index contributed by atoms with van der Waals surface area (Å²) in [6.07, 6.45) is -1.83. The van der Waals surface area contributed by atoms with Gasteiger partial charge in [0.05, 0.1) is 26.2 Å². The van der Waals surface area contributed by atoms with Crippen molar-refractivity contribution < 1.29 is 23.0 Å². The molecule has 0 amide bonds. The maximum Gasteiger partial charge on any atom is 0.310 e. The Labute approximate surface area is 105 Å². The molecule has 17 heavy (non-hydrogen) atoms. The van der Waals surface area contributed by atoms with E-state index in [9.17, 15) is 13.6 Å². The van der Waals surface area contributed by atoms with Crippen molar-refractivity contribution in [3.8, 4) is 5.75 Å². The van der Waals surface area contributed by atoms with Crippen LogP contribution in [0.15, 0.2) is 10.8 Å². The van der Waals surface area contributed by atoms with Gasteiger partial charge in [-0.3, -0.25) is 4.79 Å². The first-order chi connectivity index (χ1) is 8.01. The Morgan fingerprint density at radius 1 is 1.53 bits per heavy atom. The van der Waals surface area contributed by atoms with Crippen molar-refractivity contribution in [2.24, 2.45) is 0 Å². The van der Waals surface area contributed by atoms with Crippen LogP contribution < -0.4 is 4.74 Å². The molecule has 0 unspecified atom stereocenters. The first-order valence-electron chi connectivity index (χ1n) is 4.57. The number of hydrogen-bond acceptors (Lipinski definition) is 4. The summed E-state index contributed by atoms with van der Waals surface area (Å²) in [7, 11) is 2.45. The van der Waals surface area contributed by atoms with E-state index in [4.69, 9.17) is 4.74 Å². The average molecular weight is 310 g/mol. The van der Waals surface area contributed by atoms with Crippen molar-refractivity contribution in [2.45, 2.75) is 12.8 Å². The van der Waals surface area contributed by atoms with E-state index in [1.807, 2.05) is 0 Å². The largest absolute Gasteiger partial charge is 0.493 e. The highest BCUT2D eigenvalue weighted by Crippen LogP contribution is 2.36. The summed E-state index contributed by atoms with van der Waals surface area (Å²) in [4.78, 5) is 14.9. The van der Waals surface area contributed by atoms with Crippen LogP contribution in [0.3, 0.4) is 0 Å². The Morgan fingerprint density at radius 2 is 2.18 bits per heavy atom. The van der Waals surface area contributed by atoms with E-state index in [1.165, 1.54) is 20.4 Å². The van der Waals surface area contributed by atoms with Gasteiger partial charge < -0.3 is 9.47 Å². The molecule has 1 aromatic heterocycles. The molecule has 0 aromatic carbocycles. The van der Waals surface area contributed by atoms with E-state index in [0.717, 1.165) is 0 Å². The Morgan fingerprint density at radius 3 is 2.65 bits per heavy atom. The minimum absolute atomic E-state index is 0.0681. The molecule has 0 N–H and O–H groups in total. The topological polar surface area (TPSA) is 48.4 Å². The van der Waals surface area contributed by atoms with E-state index < -0.39 is 12.4 Å². The molecule has 1 heterocycles. The second-order valence-corrected chi connectivity index (χ2v) is 3.83. The molecule has 0 spiro atoms. The zero-order valence-electron chi connectivity index (χ0n) is 9.17. The molecule has 0 fully saturated rings. The Hall–Kier alpha value is -1.24. The first kappa shape index (κ1) is 13.8. The second kappa shape index (κ2) is 5.90. The molecule has 1 rings (SSSR count). The highest BCUT2D eigenvalue weighted by atomic mass is 79.9. The van der Waals surface area contributed by atoms with Crippen LogP contribution in [-0.2, 0) is 16.0 Å². The summed E-state index contributed by atoms with van der Waals surface area (Å²) in [5.41, 5.74) is -0.258. The van der Waals surface area contributed by atoms with E-state index in [-0.39, 0.29) is 27.9 Å². The average Bonchev–Trinajstić information content (AvgIpc) is 2.30. The molecule has 0 aliphatic carbocycles. The van der Waals surface area contributed by atoms with Gasteiger partial charge in [0.2, 0.25) is 0 Å². The van der Waals surface area contributed by atoms with E-state index in [2.05, 4.69) is 25.7 Å². The lowest BCUT2D eigenvalue weighted by Gasteiger charge is -2.13. The summed E-state index contributed by atoms with van der Waals surface area (Å²) in [5.74, 6) is -0.681. The zero-order chi connectivity index (χ0) is 13.0. The molecule has 0 aliphatic rings. The molecule has 1 aromatic rings. The van der Waals surface area contributed by atoms with Gasteiger partial charge in [-0.2, -0.15) is 0 Å². The molecule has 0 bridgehead atoms. The van der Waals surface area contributed by atoms with Crippen molar-refractivity contribution in [2.75, 3.05) is 14.2 Å². The summed E-state index contributed by atoms with van der Waals surface area (Å²) in [5, 5.41) is 0. The van der Waals surface area contributed by atoms with Crippen molar-refractivity contribution in [1.29, 1.82) is 0 Å². The van der Waals surface area contributed by atoms with Crippen LogP contribution in [0.2, 0.25) is 0 Å². The van der Waals surface area contributed by atoms with Crippen LogP contribution in [-0.4, -0.2) is 25.2 Å². The molecule has 4 nitrogen and oxygen atoms in total. The lowest BCUT2D eigenvalue weighted by atomic mass is 10.1. The monoisotopic (exact) mass is 309 g/mol. The van der Waals surface area contributed by atoms with Crippen molar-refractivity contribution in [3.63, 3.8) is 0 Å². The normalized spacial score (nSPS) is 10.5. The number of alkyl halides is 2. The third kappa shape index (κ3) is 3.12. The second-order valence-electron chi connectivity index (χ2n) is 3.07. The SMILES string of the molecule is COC(=O)Cc1cnc(Br)c(OC)c1C(F)F. The Bertz CT molecular complexity index is 426. The Balaban J connectivity index is 3.25. The number of carbonyl (C=O) groups excluding carboxylic acids is 1. The molecular formula is C10H10BrF2NO3. The standard InChI is InChI=1S/C10H10BrF2NO3/c1-16-6(15)3-5-4-14-9(11)8(17-2)7(5)10(12)13/h4,10H,3H2,1-2H3. The van der Waals surface area contributed by atoms with Crippen LogP contribution in [0, 0.1) is 0 Å². The van der Waals surface area contributed by atoms with Crippen LogP contribution in [0.25, 0.3) is 0 Å². The number of methoxy groups -OCH3 is 2. The number of carbonyl (C=O) groups is 1. The number of esters is 1. The van der Waals surface area contributed by atoms with Crippen molar-refractivity contribution >= 4 is 21.9 Å². The van der Waals surface area contributed by atoms with Crippen molar-refractivity contribution in [3.05, 3.63) is 21.9 Å². The fourth-order valence-electron chi connectivity index (χ4n) is 1.32. The van der Waals surface area contributed by atoms with Gasteiger partial charge in [-0.1, -0.05) is 0 Å². The highest BCUT2D eigenvalue weighted by molar-refractivity contribution is 9.10. The maximum atomic E-state index is 12.9. The minimum atomic E-state index is -2.76. The third-order valence-electron chi connectivity index (χ3n) is 2.10. The van der Waals surface area contributed by atoms with Gasteiger partial charge in [-0.25, -0.2) is 13.8 Å². The highest BCUT2D eigenvalue weighted by Gasteiger charge is 2.23. The predicted octanol–water partition coefficient (Wildman–Crippen LogP) is 2.51. The number of halogens is 3.